The van der Waals surface area contributed by atoms with Gasteiger partial charge in [0.05, 0.1) is 16.9 Å². The minimum atomic E-state index is -4.52. The van der Waals surface area contributed by atoms with Crippen molar-refractivity contribution < 1.29 is 18.0 Å². The highest BCUT2D eigenvalue weighted by molar-refractivity contribution is 6.32. The monoisotopic (exact) mass is 354 g/mol. The van der Waals surface area contributed by atoms with E-state index in [1.165, 1.54) is 18.3 Å². The molecule has 3 heterocycles. The van der Waals surface area contributed by atoms with Crippen LogP contribution in [0.3, 0.4) is 0 Å². The molecule has 0 radical (unpaired) electrons. The van der Waals surface area contributed by atoms with Crippen LogP contribution in [0.5, 0.6) is 0 Å². The van der Waals surface area contributed by atoms with E-state index in [1.54, 1.807) is 13.0 Å². The first-order valence-corrected chi connectivity index (χ1v) is 7.13. The van der Waals surface area contributed by atoms with Crippen LogP contribution in [0.1, 0.15) is 21.7 Å². The van der Waals surface area contributed by atoms with Crippen molar-refractivity contribution in [1.82, 2.24) is 14.4 Å². The molecule has 3 aromatic heterocycles. The summed E-state index contributed by atoms with van der Waals surface area (Å²) in [4.78, 5) is 20.4. The maximum atomic E-state index is 12.9. The fourth-order valence-corrected chi connectivity index (χ4v) is 2.43. The van der Waals surface area contributed by atoms with Crippen molar-refractivity contribution in [2.75, 3.05) is 5.32 Å². The Morgan fingerprint density at radius 2 is 2.04 bits per heavy atom. The molecule has 1 amide bonds. The zero-order valence-corrected chi connectivity index (χ0v) is 13.0. The standard InChI is InChI=1S/C15H10ClF3N4O/c1-8-12(14(24)22-10-3-2-6-20-13(10)16)23-7-9(15(17,18)19)4-5-11(23)21-8/h2-7H,1H3,(H,22,24). The van der Waals surface area contributed by atoms with Gasteiger partial charge in [0.1, 0.15) is 11.3 Å². The van der Waals surface area contributed by atoms with E-state index in [0.717, 1.165) is 16.7 Å². The van der Waals surface area contributed by atoms with Gasteiger partial charge in [-0.2, -0.15) is 13.2 Å². The topological polar surface area (TPSA) is 59.3 Å². The van der Waals surface area contributed by atoms with Crippen LogP contribution in [0, 0.1) is 6.92 Å². The number of imidazole rings is 1. The molecule has 0 saturated heterocycles. The van der Waals surface area contributed by atoms with Crippen LogP contribution < -0.4 is 5.32 Å². The third kappa shape index (κ3) is 2.92. The second-order valence-corrected chi connectivity index (χ2v) is 5.34. The second kappa shape index (κ2) is 5.79. The van der Waals surface area contributed by atoms with Gasteiger partial charge >= 0.3 is 6.18 Å². The molecule has 5 nitrogen and oxygen atoms in total. The van der Waals surface area contributed by atoms with Crippen LogP contribution >= 0.6 is 11.6 Å². The van der Waals surface area contributed by atoms with Crippen molar-refractivity contribution >= 4 is 28.8 Å². The zero-order chi connectivity index (χ0) is 17.5. The third-order valence-electron chi connectivity index (χ3n) is 3.34. The molecule has 0 spiro atoms. The van der Waals surface area contributed by atoms with E-state index < -0.39 is 17.6 Å². The summed E-state index contributed by atoms with van der Waals surface area (Å²) in [6.07, 6.45) is -2.23. The first-order chi connectivity index (χ1) is 11.3. The number of aryl methyl sites for hydroxylation is 1. The van der Waals surface area contributed by atoms with Crippen LogP contribution in [0.2, 0.25) is 5.15 Å². The number of hydrogen-bond donors (Lipinski definition) is 1. The summed E-state index contributed by atoms with van der Waals surface area (Å²) in [7, 11) is 0. The molecule has 3 aromatic rings. The molecular formula is C15H10ClF3N4O. The normalized spacial score (nSPS) is 11.7. The molecule has 3 rings (SSSR count). The number of alkyl halides is 3. The Bertz CT molecular complexity index is 936. The summed E-state index contributed by atoms with van der Waals surface area (Å²) in [6.45, 7) is 1.54. The molecule has 0 saturated carbocycles. The molecule has 124 valence electrons. The third-order valence-corrected chi connectivity index (χ3v) is 3.64. The summed E-state index contributed by atoms with van der Waals surface area (Å²) in [6, 6.07) is 5.24. The van der Waals surface area contributed by atoms with Gasteiger partial charge in [-0.3, -0.25) is 9.20 Å². The number of fused-ring (bicyclic) bond motifs is 1. The van der Waals surface area contributed by atoms with Gasteiger partial charge in [-0.25, -0.2) is 9.97 Å². The van der Waals surface area contributed by atoms with E-state index in [1.807, 2.05) is 0 Å². The fourth-order valence-electron chi connectivity index (χ4n) is 2.26. The van der Waals surface area contributed by atoms with Crippen LogP contribution in [0.4, 0.5) is 18.9 Å². The quantitative estimate of drug-likeness (QED) is 0.709. The number of nitrogens with one attached hydrogen (secondary N) is 1. The van der Waals surface area contributed by atoms with E-state index in [0.29, 0.717) is 5.69 Å². The number of anilines is 1. The van der Waals surface area contributed by atoms with Gasteiger partial charge in [0, 0.05) is 12.4 Å². The van der Waals surface area contributed by atoms with E-state index in [-0.39, 0.29) is 22.2 Å². The molecule has 1 N–H and O–H groups in total. The average Bonchev–Trinajstić information content (AvgIpc) is 2.83. The van der Waals surface area contributed by atoms with E-state index in [2.05, 4.69) is 15.3 Å². The van der Waals surface area contributed by atoms with Gasteiger partial charge in [0.25, 0.3) is 5.91 Å². The van der Waals surface area contributed by atoms with Gasteiger partial charge in [0.15, 0.2) is 5.15 Å². The Morgan fingerprint density at radius 1 is 1.29 bits per heavy atom. The molecule has 0 atom stereocenters. The van der Waals surface area contributed by atoms with Crippen LogP contribution in [-0.2, 0) is 6.18 Å². The number of nitrogens with zero attached hydrogens (tertiary/aromatic N) is 3. The average molecular weight is 355 g/mol. The number of hydrogen-bond acceptors (Lipinski definition) is 3. The number of aromatic nitrogens is 3. The molecule has 0 aromatic carbocycles. The predicted octanol–water partition coefficient (Wildman–Crippen LogP) is 3.96. The summed E-state index contributed by atoms with van der Waals surface area (Å²) in [5.74, 6) is -0.630. The van der Waals surface area contributed by atoms with E-state index in [4.69, 9.17) is 11.6 Å². The Balaban J connectivity index is 2.06. The predicted molar refractivity (Wildman–Crippen MR) is 82.1 cm³/mol. The summed E-state index contributed by atoms with van der Waals surface area (Å²) in [5.41, 5.74) is -0.0860. The SMILES string of the molecule is Cc1nc2ccc(C(F)(F)F)cn2c1C(=O)Nc1cccnc1Cl. The smallest absolute Gasteiger partial charge is 0.318 e. The van der Waals surface area contributed by atoms with Crippen molar-refractivity contribution in [3.05, 3.63) is 58.8 Å². The molecule has 0 aliphatic carbocycles. The lowest BCUT2D eigenvalue weighted by Crippen LogP contribution is -2.17. The van der Waals surface area contributed by atoms with Crippen molar-refractivity contribution in [3.63, 3.8) is 0 Å². The second-order valence-electron chi connectivity index (χ2n) is 4.99. The Hall–Kier alpha value is -2.61. The molecular weight excluding hydrogens is 345 g/mol. The summed E-state index contributed by atoms with van der Waals surface area (Å²) in [5, 5.41) is 2.61. The number of halogens is 4. The molecule has 0 aliphatic rings. The molecule has 0 unspecified atom stereocenters. The number of rotatable bonds is 2. The number of carbonyl (C=O) groups is 1. The lowest BCUT2D eigenvalue weighted by molar-refractivity contribution is -0.137. The highest BCUT2D eigenvalue weighted by Crippen LogP contribution is 2.30. The van der Waals surface area contributed by atoms with Crippen molar-refractivity contribution in [2.24, 2.45) is 0 Å². The van der Waals surface area contributed by atoms with Crippen molar-refractivity contribution in [2.45, 2.75) is 13.1 Å². The van der Waals surface area contributed by atoms with Gasteiger partial charge < -0.3 is 5.32 Å². The minimum absolute atomic E-state index is 0.00369. The number of carbonyl (C=O) groups excluding carboxylic acids is 1. The first-order valence-electron chi connectivity index (χ1n) is 6.75. The van der Waals surface area contributed by atoms with Gasteiger partial charge in [-0.15, -0.1) is 0 Å². The molecule has 0 bridgehead atoms. The Morgan fingerprint density at radius 3 is 2.71 bits per heavy atom. The number of pyridine rings is 2. The highest BCUT2D eigenvalue weighted by Gasteiger charge is 2.31. The van der Waals surface area contributed by atoms with Crippen LogP contribution in [0.15, 0.2) is 36.7 Å². The molecule has 9 heteroatoms. The first kappa shape index (κ1) is 16.3. The van der Waals surface area contributed by atoms with Gasteiger partial charge in [-0.1, -0.05) is 11.6 Å². The van der Waals surface area contributed by atoms with Gasteiger partial charge in [-0.05, 0) is 31.2 Å². The molecule has 0 fully saturated rings. The summed E-state index contributed by atoms with van der Waals surface area (Å²) >= 11 is 5.88. The minimum Gasteiger partial charge on any atom is -0.318 e. The van der Waals surface area contributed by atoms with E-state index >= 15 is 0 Å². The Kier molecular flexibility index (Phi) is 3.92. The van der Waals surface area contributed by atoms with Crippen molar-refractivity contribution in [1.29, 1.82) is 0 Å². The summed E-state index contributed by atoms with van der Waals surface area (Å²) < 4.78 is 39.8. The molecule has 0 aliphatic heterocycles. The largest absolute Gasteiger partial charge is 0.417 e. The Labute approximate surface area is 139 Å². The maximum absolute atomic E-state index is 12.9. The van der Waals surface area contributed by atoms with Crippen LogP contribution in [-0.4, -0.2) is 20.3 Å². The van der Waals surface area contributed by atoms with Crippen LogP contribution in [0.25, 0.3) is 5.65 Å². The van der Waals surface area contributed by atoms with E-state index in [9.17, 15) is 18.0 Å². The lowest BCUT2D eigenvalue weighted by Gasteiger charge is -2.09. The van der Waals surface area contributed by atoms with Gasteiger partial charge in [0.2, 0.25) is 0 Å². The highest BCUT2D eigenvalue weighted by atomic mass is 35.5. The molecule has 24 heavy (non-hydrogen) atoms. The maximum Gasteiger partial charge on any atom is 0.417 e. The lowest BCUT2D eigenvalue weighted by atomic mass is 10.2. The number of amides is 1. The fraction of sp³-hybridized carbons (Fsp3) is 0.133. The van der Waals surface area contributed by atoms with Crippen molar-refractivity contribution in [3.8, 4) is 0 Å². The zero-order valence-electron chi connectivity index (χ0n) is 12.2.